The number of amides is 2. The molecule has 1 fully saturated rings. The number of aliphatic hydroxyl groups is 1. The Morgan fingerprint density at radius 2 is 1.96 bits per heavy atom. The van der Waals surface area contributed by atoms with Crippen molar-refractivity contribution in [3.05, 3.63) is 35.9 Å². The van der Waals surface area contributed by atoms with Crippen molar-refractivity contribution in [3.8, 4) is 0 Å². The predicted octanol–water partition coefficient (Wildman–Crippen LogP) is -0.502. The molecule has 26 heavy (non-hydrogen) atoms. The monoisotopic (exact) mass is 363 g/mol. The second kappa shape index (κ2) is 8.77. The Balaban J connectivity index is 2.20. The molecular weight excluding hydrogens is 338 g/mol. The van der Waals surface area contributed by atoms with Crippen molar-refractivity contribution in [3.63, 3.8) is 0 Å². The van der Waals surface area contributed by atoms with Crippen LogP contribution in [0.3, 0.4) is 0 Å². The molecule has 1 saturated heterocycles. The van der Waals surface area contributed by atoms with Gasteiger partial charge in [0, 0.05) is 13.0 Å². The van der Waals surface area contributed by atoms with E-state index in [-0.39, 0.29) is 6.42 Å². The maximum atomic E-state index is 12.9. The van der Waals surface area contributed by atoms with E-state index in [2.05, 4.69) is 5.32 Å². The van der Waals surface area contributed by atoms with E-state index < -0.39 is 42.0 Å². The molecule has 4 atom stereocenters. The molecule has 8 heteroatoms. The van der Waals surface area contributed by atoms with Gasteiger partial charge in [-0.2, -0.15) is 0 Å². The molecule has 2 amide bonds. The van der Waals surface area contributed by atoms with Gasteiger partial charge in [-0.1, -0.05) is 30.3 Å². The highest BCUT2D eigenvalue weighted by atomic mass is 16.4. The van der Waals surface area contributed by atoms with Crippen LogP contribution in [0.4, 0.5) is 0 Å². The fraction of sp³-hybridized carbons (Fsp3) is 0.500. The fourth-order valence-corrected chi connectivity index (χ4v) is 3.02. The standard InChI is InChI=1S/C18H25N3O5/c1-11(22)15(19)16(23)20-13(10-12-6-3-2-4-7-12)17(24)21-9-5-8-14(21)18(25)26/h2-4,6-7,11,13-15,22H,5,8-10,19H2,1H3,(H,20,23)(H,25,26). The number of hydrogen-bond acceptors (Lipinski definition) is 5. The Morgan fingerprint density at radius 3 is 2.54 bits per heavy atom. The van der Waals surface area contributed by atoms with Gasteiger partial charge in [-0.25, -0.2) is 4.79 Å². The minimum absolute atomic E-state index is 0.209. The number of carbonyl (C=O) groups is 3. The van der Waals surface area contributed by atoms with Crippen LogP contribution in [-0.4, -0.2) is 63.7 Å². The third-order valence-corrected chi connectivity index (χ3v) is 4.54. The smallest absolute Gasteiger partial charge is 0.326 e. The van der Waals surface area contributed by atoms with Crippen LogP contribution >= 0.6 is 0 Å². The molecule has 2 rings (SSSR count). The first kappa shape index (κ1) is 19.9. The van der Waals surface area contributed by atoms with Gasteiger partial charge in [-0.15, -0.1) is 0 Å². The van der Waals surface area contributed by atoms with Crippen LogP contribution < -0.4 is 11.1 Å². The van der Waals surface area contributed by atoms with E-state index in [1.54, 1.807) is 0 Å². The van der Waals surface area contributed by atoms with Crippen molar-refractivity contribution in [2.75, 3.05) is 6.54 Å². The zero-order chi connectivity index (χ0) is 19.3. The molecule has 1 heterocycles. The van der Waals surface area contributed by atoms with E-state index in [1.807, 2.05) is 30.3 Å². The number of aliphatic hydroxyl groups excluding tert-OH is 1. The molecule has 142 valence electrons. The van der Waals surface area contributed by atoms with Gasteiger partial charge in [0.2, 0.25) is 11.8 Å². The molecule has 0 aliphatic carbocycles. The van der Waals surface area contributed by atoms with Crippen molar-refractivity contribution in [2.24, 2.45) is 5.73 Å². The van der Waals surface area contributed by atoms with E-state index in [0.717, 1.165) is 5.56 Å². The summed E-state index contributed by atoms with van der Waals surface area (Å²) in [7, 11) is 0. The van der Waals surface area contributed by atoms with Gasteiger partial charge in [0.05, 0.1) is 6.10 Å². The van der Waals surface area contributed by atoms with Gasteiger partial charge >= 0.3 is 5.97 Å². The van der Waals surface area contributed by atoms with Crippen LogP contribution in [0.5, 0.6) is 0 Å². The van der Waals surface area contributed by atoms with Crippen LogP contribution in [0, 0.1) is 0 Å². The average Bonchev–Trinajstić information content (AvgIpc) is 3.10. The SMILES string of the molecule is CC(O)C(N)C(=O)NC(Cc1ccccc1)C(=O)N1CCCC1C(=O)O. The lowest BCUT2D eigenvalue weighted by atomic mass is 10.0. The van der Waals surface area contributed by atoms with Gasteiger partial charge < -0.3 is 26.2 Å². The maximum absolute atomic E-state index is 12.9. The summed E-state index contributed by atoms with van der Waals surface area (Å²) < 4.78 is 0. The normalized spacial score (nSPS) is 20.3. The number of likely N-dealkylation sites (tertiary alicyclic amines) is 1. The lowest BCUT2D eigenvalue weighted by Crippen LogP contribution is -2.57. The molecule has 5 N–H and O–H groups in total. The molecule has 0 aromatic heterocycles. The van der Waals surface area contributed by atoms with Crippen LogP contribution in [0.25, 0.3) is 0 Å². The number of carbonyl (C=O) groups excluding carboxylic acids is 2. The maximum Gasteiger partial charge on any atom is 0.326 e. The van der Waals surface area contributed by atoms with Crippen LogP contribution in [0.1, 0.15) is 25.3 Å². The number of carboxylic acid groups (broad SMARTS) is 1. The van der Waals surface area contributed by atoms with Gasteiger partial charge in [0.25, 0.3) is 0 Å². The Hall–Kier alpha value is -2.45. The second-order valence-electron chi connectivity index (χ2n) is 6.55. The van der Waals surface area contributed by atoms with Crippen molar-refractivity contribution in [1.29, 1.82) is 0 Å². The molecular formula is C18H25N3O5. The van der Waals surface area contributed by atoms with Crippen LogP contribution in [0.15, 0.2) is 30.3 Å². The summed E-state index contributed by atoms with van der Waals surface area (Å²) in [5, 5.41) is 21.4. The Labute approximate surface area is 152 Å². The third-order valence-electron chi connectivity index (χ3n) is 4.54. The summed E-state index contributed by atoms with van der Waals surface area (Å²) in [6.07, 6.45) is 0.129. The third kappa shape index (κ3) is 4.80. The van der Waals surface area contributed by atoms with Crippen molar-refractivity contribution in [1.82, 2.24) is 10.2 Å². The summed E-state index contributed by atoms with van der Waals surface area (Å²) >= 11 is 0. The first-order valence-corrected chi connectivity index (χ1v) is 8.62. The molecule has 0 saturated carbocycles. The summed E-state index contributed by atoms with van der Waals surface area (Å²) in [6.45, 7) is 1.72. The van der Waals surface area contributed by atoms with Crippen molar-refractivity contribution in [2.45, 2.75) is 50.4 Å². The number of benzene rings is 1. The number of hydrogen-bond donors (Lipinski definition) is 4. The highest BCUT2D eigenvalue weighted by Gasteiger charge is 2.38. The lowest BCUT2D eigenvalue weighted by molar-refractivity contribution is -0.149. The molecule has 0 radical (unpaired) electrons. The highest BCUT2D eigenvalue weighted by Crippen LogP contribution is 2.19. The van der Waals surface area contributed by atoms with Gasteiger partial charge in [-0.3, -0.25) is 9.59 Å². The highest BCUT2D eigenvalue weighted by molar-refractivity contribution is 5.92. The Morgan fingerprint density at radius 1 is 1.31 bits per heavy atom. The molecule has 1 aromatic carbocycles. The summed E-state index contributed by atoms with van der Waals surface area (Å²) in [5.41, 5.74) is 6.47. The minimum atomic E-state index is -1.17. The summed E-state index contributed by atoms with van der Waals surface area (Å²) in [4.78, 5) is 37.9. The van der Waals surface area contributed by atoms with Crippen molar-refractivity contribution >= 4 is 17.8 Å². The van der Waals surface area contributed by atoms with Crippen LogP contribution in [-0.2, 0) is 20.8 Å². The largest absolute Gasteiger partial charge is 0.480 e. The molecule has 4 unspecified atom stereocenters. The number of nitrogens with two attached hydrogens (primary N) is 1. The topological polar surface area (TPSA) is 133 Å². The first-order chi connectivity index (χ1) is 12.3. The average molecular weight is 363 g/mol. The molecule has 0 bridgehead atoms. The van der Waals surface area contributed by atoms with E-state index in [0.29, 0.717) is 19.4 Å². The van der Waals surface area contributed by atoms with E-state index >= 15 is 0 Å². The van der Waals surface area contributed by atoms with Gasteiger partial charge in [0.1, 0.15) is 18.1 Å². The number of nitrogens with zero attached hydrogens (tertiary/aromatic N) is 1. The zero-order valence-corrected chi connectivity index (χ0v) is 14.7. The van der Waals surface area contributed by atoms with E-state index in [9.17, 15) is 24.6 Å². The van der Waals surface area contributed by atoms with Crippen LogP contribution in [0.2, 0.25) is 0 Å². The van der Waals surface area contributed by atoms with Crippen molar-refractivity contribution < 1.29 is 24.6 Å². The number of carboxylic acids is 1. The molecule has 1 aliphatic rings. The lowest BCUT2D eigenvalue weighted by Gasteiger charge is -2.28. The Bertz CT molecular complexity index is 649. The minimum Gasteiger partial charge on any atom is -0.480 e. The summed E-state index contributed by atoms with van der Waals surface area (Å²) in [6, 6.07) is 6.10. The predicted molar refractivity (Wildman–Crippen MR) is 94.1 cm³/mol. The van der Waals surface area contributed by atoms with Gasteiger partial charge in [0.15, 0.2) is 0 Å². The fourth-order valence-electron chi connectivity index (χ4n) is 3.02. The summed E-state index contributed by atoms with van der Waals surface area (Å²) in [5.74, 6) is -2.16. The quantitative estimate of drug-likeness (QED) is 0.516. The first-order valence-electron chi connectivity index (χ1n) is 8.62. The number of nitrogens with one attached hydrogen (secondary N) is 1. The molecule has 1 aliphatic heterocycles. The van der Waals surface area contributed by atoms with E-state index in [4.69, 9.17) is 5.73 Å². The number of aliphatic carboxylic acids is 1. The Kier molecular flexibility index (Phi) is 6.70. The van der Waals surface area contributed by atoms with Gasteiger partial charge in [-0.05, 0) is 25.3 Å². The molecule has 0 spiro atoms. The van der Waals surface area contributed by atoms with E-state index in [1.165, 1.54) is 11.8 Å². The molecule has 1 aromatic rings. The number of rotatable bonds is 7. The zero-order valence-electron chi connectivity index (χ0n) is 14.7. The second-order valence-corrected chi connectivity index (χ2v) is 6.55. The molecule has 8 nitrogen and oxygen atoms in total.